The number of nitrogens with two attached hydrogens (primary N) is 1. The highest BCUT2D eigenvalue weighted by Crippen LogP contribution is 2.54. The molecule has 0 saturated carbocycles. The number of rotatable bonds is 5. The van der Waals surface area contributed by atoms with Gasteiger partial charge in [-0.05, 0) is 25.1 Å². The molecule has 2 aliphatic rings. The molecule has 0 unspecified atom stereocenters. The number of anilines is 1. The number of methoxy groups -OCH3 is 1. The SMILES string of the molecule is C=CCN1C(=O)[C@]2(C(C(=O)OC)=C(N)Oc3cc(C)n(Cc4ccco4)c(=O)c32)c2ccccc21. The third kappa shape index (κ3) is 2.97. The summed E-state index contributed by atoms with van der Waals surface area (Å²) in [5, 5.41) is 0. The lowest BCUT2D eigenvalue weighted by molar-refractivity contribution is -0.138. The predicted octanol–water partition coefficient (Wildman–Crippen LogP) is 2.35. The third-order valence-electron chi connectivity index (χ3n) is 6.45. The van der Waals surface area contributed by atoms with E-state index in [1.165, 1.54) is 22.8 Å². The predicted molar refractivity (Wildman–Crippen MR) is 127 cm³/mol. The Kier molecular flexibility index (Phi) is 5.12. The molecular formula is C26H23N3O6. The number of aromatic nitrogens is 1. The Bertz CT molecular complexity index is 1470. The van der Waals surface area contributed by atoms with Crippen LogP contribution in [0.4, 0.5) is 5.69 Å². The van der Waals surface area contributed by atoms with E-state index in [0.29, 0.717) is 22.7 Å². The van der Waals surface area contributed by atoms with Crippen molar-refractivity contribution in [2.45, 2.75) is 18.9 Å². The highest BCUT2D eigenvalue weighted by atomic mass is 16.5. The van der Waals surface area contributed by atoms with E-state index >= 15 is 0 Å². The average molecular weight is 473 g/mol. The van der Waals surface area contributed by atoms with Crippen molar-refractivity contribution in [3.63, 3.8) is 0 Å². The quantitative estimate of drug-likeness (QED) is 0.447. The number of carbonyl (C=O) groups excluding carboxylic acids is 2. The molecular weight excluding hydrogens is 450 g/mol. The van der Waals surface area contributed by atoms with Crippen molar-refractivity contribution in [3.8, 4) is 5.75 Å². The molecule has 3 aromatic rings. The van der Waals surface area contributed by atoms with Crippen molar-refractivity contribution in [1.29, 1.82) is 0 Å². The van der Waals surface area contributed by atoms with Crippen LogP contribution < -0.4 is 20.9 Å². The molecule has 2 N–H and O–H groups in total. The van der Waals surface area contributed by atoms with Crippen molar-refractivity contribution in [2.75, 3.05) is 18.6 Å². The summed E-state index contributed by atoms with van der Waals surface area (Å²) in [6, 6.07) is 12.1. The van der Waals surface area contributed by atoms with E-state index in [9.17, 15) is 14.4 Å². The topological polar surface area (TPSA) is 117 Å². The van der Waals surface area contributed by atoms with Gasteiger partial charge in [-0.1, -0.05) is 24.3 Å². The Morgan fingerprint density at radius 1 is 1.23 bits per heavy atom. The van der Waals surface area contributed by atoms with Gasteiger partial charge in [0.15, 0.2) is 0 Å². The lowest BCUT2D eigenvalue weighted by Crippen LogP contribution is -2.52. The van der Waals surface area contributed by atoms with E-state index in [1.54, 1.807) is 55.5 Å². The third-order valence-corrected chi connectivity index (χ3v) is 6.45. The van der Waals surface area contributed by atoms with Crippen LogP contribution in [0.3, 0.4) is 0 Å². The van der Waals surface area contributed by atoms with Crippen LogP contribution in [0.5, 0.6) is 5.75 Å². The van der Waals surface area contributed by atoms with Crippen molar-refractivity contribution in [2.24, 2.45) is 5.73 Å². The normalized spacial score (nSPS) is 18.3. The number of nitrogens with zero attached hydrogens (tertiary/aromatic N) is 2. The van der Waals surface area contributed by atoms with Gasteiger partial charge in [0.1, 0.15) is 22.5 Å². The Morgan fingerprint density at radius 2 is 2.00 bits per heavy atom. The van der Waals surface area contributed by atoms with Crippen LogP contribution in [-0.4, -0.2) is 30.1 Å². The lowest BCUT2D eigenvalue weighted by Gasteiger charge is -2.35. The zero-order valence-corrected chi connectivity index (χ0v) is 19.2. The maximum Gasteiger partial charge on any atom is 0.340 e. The van der Waals surface area contributed by atoms with E-state index in [-0.39, 0.29) is 35.9 Å². The van der Waals surface area contributed by atoms with E-state index < -0.39 is 22.9 Å². The van der Waals surface area contributed by atoms with Gasteiger partial charge in [-0.25, -0.2) is 4.79 Å². The molecule has 1 aromatic carbocycles. The van der Waals surface area contributed by atoms with Crippen LogP contribution in [0.2, 0.25) is 0 Å². The van der Waals surface area contributed by atoms with E-state index in [1.807, 2.05) is 0 Å². The van der Waals surface area contributed by atoms with Crippen LogP contribution in [-0.2, 0) is 26.3 Å². The van der Waals surface area contributed by atoms with Crippen LogP contribution in [0, 0.1) is 6.92 Å². The molecule has 9 nitrogen and oxygen atoms in total. The molecule has 178 valence electrons. The van der Waals surface area contributed by atoms with Gasteiger partial charge in [-0.3, -0.25) is 9.59 Å². The number of para-hydroxylation sites is 1. The molecule has 9 heteroatoms. The van der Waals surface area contributed by atoms with Crippen LogP contribution >= 0.6 is 0 Å². The summed E-state index contributed by atoms with van der Waals surface area (Å²) < 4.78 is 17.7. The fraction of sp³-hybridized carbons (Fsp3) is 0.192. The van der Waals surface area contributed by atoms with E-state index in [2.05, 4.69) is 6.58 Å². The molecule has 4 heterocycles. The Balaban J connectivity index is 1.90. The van der Waals surface area contributed by atoms with Gasteiger partial charge >= 0.3 is 5.97 Å². The molecule has 0 bridgehead atoms. The standard InChI is InChI=1S/C26H23N3O6/c1-4-11-28-18-10-6-5-9-17(18)26(25(28)32)20-19(35-22(27)21(26)24(31)33-3)13-15(2)29(23(20)30)14-16-8-7-12-34-16/h4-10,12-13H,1,11,14,27H2,2-3H3/t26-/m1/s1. The van der Waals surface area contributed by atoms with Crippen LogP contribution in [0.1, 0.15) is 22.6 Å². The van der Waals surface area contributed by atoms with Crippen molar-refractivity contribution >= 4 is 17.6 Å². The number of aryl methyl sites for hydroxylation is 1. The van der Waals surface area contributed by atoms with Crippen LogP contribution in [0.15, 0.2) is 82.1 Å². The number of furan rings is 1. The molecule has 1 atom stereocenters. The Labute approximate surface area is 200 Å². The largest absolute Gasteiger partial charge is 0.467 e. The van der Waals surface area contributed by atoms with Gasteiger partial charge in [0.25, 0.3) is 5.56 Å². The Hall–Kier alpha value is -4.53. The number of hydrogen-bond donors (Lipinski definition) is 1. The number of fused-ring (bicyclic) bond motifs is 4. The summed E-state index contributed by atoms with van der Waals surface area (Å²) in [6.07, 6.45) is 3.09. The van der Waals surface area contributed by atoms with Gasteiger partial charge in [0.05, 0.1) is 25.5 Å². The van der Waals surface area contributed by atoms with Gasteiger partial charge in [0.2, 0.25) is 11.8 Å². The minimum Gasteiger partial charge on any atom is -0.467 e. The minimum absolute atomic E-state index is 0.00623. The summed E-state index contributed by atoms with van der Waals surface area (Å²) in [4.78, 5) is 43.0. The molecule has 1 spiro atoms. The highest BCUT2D eigenvalue weighted by molar-refractivity contribution is 6.18. The first-order chi connectivity index (χ1) is 16.9. The van der Waals surface area contributed by atoms with Crippen molar-refractivity contribution in [3.05, 3.63) is 106 Å². The number of esters is 1. The zero-order valence-electron chi connectivity index (χ0n) is 19.2. The van der Waals surface area contributed by atoms with Gasteiger partial charge < -0.3 is 29.1 Å². The number of hydrogen-bond acceptors (Lipinski definition) is 7. The van der Waals surface area contributed by atoms with Crippen molar-refractivity contribution < 1.29 is 23.5 Å². The van der Waals surface area contributed by atoms with Gasteiger partial charge in [0, 0.05) is 29.6 Å². The van der Waals surface area contributed by atoms with Gasteiger partial charge in [-0.15, -0.1) is 6.58 Å². The lowest BCUT2D eigenvalue weighted by atomic mass is 9.68. The van der Waals surface area contributed by atoms with E-state index in [4.69, 9.17) is 19.6 Å². The molecule has 0 fully saturated rings. The second-order valence-corrected chi connectivity index (χ2v) is 8.30. The molecule has 2 aliphatic heterocycles. The summed E-state index contributed by atoms with van der Waals surface area (Å²) in [6.45, 7) is 5.78. The fourth-order valence-electron chi connectivity index (χ4n) is 5.00. The van der Waals surface area contributed by atoms with Crippen LogP contribution in [0.25, 0.3) is 0 Å². The highest BCUT2D eigenvalue weighted by Gasteiger charge is 2.62. The molecule has 1 amide bonds. The minimum atomic E-state index is -1.86. The molecule has 0 aliphatic carbocycles. The average Bonchev–Trinajstić information content (AvgIpc) is 3.43. The summed E-state index contributed by atoms with van der Waals surface area (Å²) >= 11 is 0. The molecule has 5 rings (SSSR count). The monoisotopic (exact) mass is 473 g/mol. The van der Waals surface area contributed by atoms with E-state index in [0.717, 1.165) is 0 Å². The first-order valence-electron chi connectivity index (χ1n) is 10.9. The molecule has 0 saturated heterocycles. The Morgan fingerprint density at radius 3 is 2.69 bits per heavy atom. The summed E-state index contributed by atoms with van der Waals surface area (Å²) in [5.74, 6) is -1.02. The first-order valence-corrected chi connectivity index (χ1v) is 10.9. The number of ether oxygens (including phenoxy) is 2. The van der Waals surface area contributed by atoms with Crippen molar-refractivity contribution in [1.82, 2.24) is 4.57 Å². The molecule has 35 heavy (non-hydrogen) atoms. The maximum atomic E-state index is 14.3. The van der Waals surface area contributed by atoms with Gasteiger partial charge in [-0.2, -0.15) is 0 Å². The molecule has 0 radical (unpaired) electrons. The number of carbonyl (C=O) groups is 2. The number of benzene rings is 1. The number of pyridine rings is 1. The first kappa shape index (κ1) is 22.3. The second kappa shape index (κ2) is 8.05. The molecule has 2 aromatic heterocycles. The summed E-state index contributed by atoms with van der Waals surface area (Å²) in [7, 11) is 1.18. The summed E-state index contributed by atoms with van der Waals surface area (Å²) in [5.41, 5.74) is 5.19. The maximum absolute atomic E-state index is 14.3. The number of amides is 1. The smallest absolute Gasteiger partial charge is 0.340 e. The second-order valence-electron chi connectivity index (χ2n) is 8.30. The fourth-order valence-corrected chi connectivity index (χ4v) is 5.00. The zero-order chi connectivity index (χ0) is 24.9.